The Morgan fingerprint density at radius 2 is 1.85 bits per heavy atom. The van der Waals surface area contributed by atoms with E-state index in [4.69, 9.17) is 11.5 Å². The topological polar surface area (TPSA) is 115 Å². The van der Waals surface area contributed by atoms with Crippen LogP contribution < -0.4 is 16.8 Å². The number of hydrogen-bond donors (Lipinski definition) is 3. The predicted molar refractivity (Wildman–Crippen MR) is 92.1 cm³/mol. The van der Waals surface area contributed by atoms with Gasteiger partial charge in [-0.15, -0.1) is 11.3 Å². The third-order valence-electron chi connectivity index (χ3n) is 3.74. The Hall–Kier alpha value is -2.65. The second-order valence-corrected chi connectivity index (χ2v) is 6.71. The van der Waals surface area contributed by atoms with Crippen molar-refractivity contribution in [2.24, 2.45) is 11.5 Å². The molecule has 0 unspecified atom stereocenters. The fraction of sp³-hybridized carbons (Fsp3) is 0.235. The number of carbonyl (C=O) groups excluding carboxylic acids is 3. The summed E-state index contributed by atoms with van der Waals surface area (Å²) in [6.07, 6.45) is -0.348. The first-order chi connectivity index (χ1) is 12.1. The van der Waals surface area contributed by atoms with Gasteiger partial charge in [0.1, 0.15) is 11.6 Å². The van der Waals surface area contributed by atoms with Crippen LogP contribution in [0.15, 0.2) is 35.7 Å². The Balaban J connectivity index is 2.12. The SMILES string of the molecule is C[C@H](NC(=O)Cc1cc(F)cc(F)c1)C(=O)[C@](N)(C(N)=O)c1cccs1. The van der Waals surface area contributed by atoms with E-state index >= 15 is 0 Å². The molecule has 0 radical (unpaired) electrons. The maximum atomic E-state index is 13.2. The lowest BCUT2D eigenvalue weighted by Crippen LogP contribution is -2.60. The lowest BCUT2D eigenvalue weighted by atomic mass is 9.88. The van der Waals surface area contributed by atoms with Gasteiger partial charge in [-0.2, -0.15) is 0 Å². The lowest BCUT2D eigenvalue weighted by Gasteiger charge is -2.26. The van der Waals surface area contributed by atoms with E-state index in [1.165, 1.54) is 13.0 Å². The molecular formula is C17H17F2N3O3S. The van der Waals surface area contributed by atoms with Gasteiger partial charge < -0.3 is 16.8 Å². The summed E-state index contributed by atoms with van der Waals surface area (Å²) in [6.45, 7) is 1.35. The van der Waals surface area contributed by atoms with Crippen molar-refractivity contribution in [2.45, 2.75) is 24.9 Å². The van der Waals surface area contributed by atoms with Crippen molar-refractivity contribution in [1.29, 1.82) is 0 Å². The molecule has 138 valence electrons. The number of carbonyl (C=O) groups is 3. The molecule has 9 heteroatoms. The van der Waals surface area contributed by atoms with E-state index in [0.29, 0.717) is 6.07 Å². The minimum atomic E-state index is -2.08. The number of nitrogens with two attached hydrogens (primary N) is 2. The molecule has 2 atom stereocenters. The van der Waals surface area contributed by atoms with Crippen molar-refractivity contribution in [1.82, 2.24) is 5.32 Å². The molecule has 0 spiro atoms. The molecule has 0 bridgehead atoms. The van der Waals surface area contributed by atoms with E-state index in [9.17, 15) is 23.2 Å². The molecule has 1 aromatic heterocycles. The molecule has 2 amide bonds. The third-order valence-corrected chi connectivity index (χ3v) is 4.75. The fourth-order valence-electron chi connectivity index (χ4n) is 2.47. The highest BCUT2D eigenvalue weighted by Crippen LogP contribution is 2.25. The van der Waals surface area contributed by atoms with Gasteiger partial charge in [-0.05, 0) is 36.1 Å². The van der Waals surface area contributed by atoms with Crippen LogP contribution in [0.4, 0.5) is 8.78 Å². The second-order valence-electron chi connectivity index (χ2n) is 5.76. The Kier molecular flexibility index (Phi) is 5.83. The van der Waals surface area contributed by atoms with Gasteiger partial charge in [-0.1, -0.05) is 6.07 Å². The van der Waals surface area contributed by atoms with E-state index in [2.05, 4.69) is 5.32 Å². The summed E-state index contributed by atoms with van der Waals surface area (Å²) in [5, 5.41) is 4.01. The van der Waals surface area contributed by atoms with E-state index in [-0.39, 0.29) is 16.9 Å². The van der Waals surface area contributed by atoms with Gasteiger partial charge in [0.15, 0.2) is 11.3 Å². The zero-order valence-electron chi connectivity index (χ0n) is 13.8. The molecule has 0 aliphatic rings. The zero-order valence-corrected chi connectivity index (χ0v) is 14.6. The highest BCUT2D eigenvalue weighted by Gasteiger charge is 2.45. The number of amides is 2. The molecule has 2 aromatic rings. The molecule has 0 saturated carbocycles. The third kappa shape index (κ3) is 4.12. The number of benzene rings is 1. The van der Waals surface area contributed by atoms with Crippen molar-refractivity contribution < 1.29 is 23.2 Å². The average Bonchev–Trinajstić information content (AvgIpc) is 3.06. The van der Waals surface area contributed by atoms with Crippen LogP contribution in [0.25, 0.3) is 0 Å². The first-order valence-corrected chi connectivity index (χ1v) is 8.44. The molecule has 0 saturated heterocycles. The maximum absolute atomic E-state index is 13.2. The minimum absolute atomic E-state index is 0.104. The van der Waals surface area contributed by atoms with Gasteiger partial charge in [0.25, 0.3) is 5.91 Å². The summed E-state index contributed by atoms with van der Waals surface area (Å²) in [5.74, 6) is -4.12. The van der Waals surface area contributed by atoms with Gasteiger partial charge in [-0.25, -0.2) is 8.78 Å². The van der Waals surface area contributed by atoms with Crippen LogP contribution in [-0.2, 0) is 26.3 Å². The van der Waals surface area contributed by atoms with Crippen LogP contribution in [0, 0.1) is 11.6 Å². The molecule has 1 aromatic carbocycles. The number of rotatable bonds is 7. The monoisotopic (exact) mass is 381 g/mol. The van der Waals surface area contributed by atoms with Crippen molar-refractivity contribution in [3.05, 3.63) is 57.8 Å². The van der Waals surface area contributed by atoms with Gasteiger partial charge >= 0.3 is 0 Å². The van der Waals surface area contributed by atoms with Gasteiger partial charge in [0, 0.05) is 10.9 Å². The first kappa shape index (κ1) is 19.7. The zero-order chi connectivity index (χ0) is 19.5. The smallest absolute Gasteiger partial charge is 0.250 e. The predicted octanol–water partition coefficient (Wildman–Crippen LogP) is 0.982. The van der Waals surface area contributed by atoms with E-state index in [1.807, 2.05) is 0 Å². The van der Waals surface area contributed by atoms with E-state index < -0.39 is 40.8 Å². The first-order valence-electron chi connectivity index (χ1n) is 7.56. The number of thiophene rings is 1. The fourth-order valence-corrected chi connectivity index (χ4v) is 3.31. The Morgan fingerprint density at radius 3 is 2.35 bits per heavy atom. The molecule has 0 aliphatic heterocycles. The molecule has 2 rings (SSSR count). The van der Waals surface area contributed by atoms with Gasteiger partial charge in [0.05, 0.1) is 12.5 Å². The summed E-state index contributed by atoms with van der Waals surface area (Å²) < 4.78 is 26.4. The molecule has 1 heterocycles. The molecule has 26 heavy (non-hydrogen) atoms. The summed E-state index contributed by atoms with van der Waals surface area (Å²) in [7, 11) is 0. The standard InChI is InChI=1S/C17H17F2N3O3S/c1-9(15(24)17(21,16(20)25)13-3-2-4-26-13)22-14(23)7-10-5-11(18)8-12(19)6-10/h2-6,8-9H,7,21H2,1H3,(H2,20,25)(H,22,23)/t9-,17-/m0/s1. The van der Waals surface area contributed by atoms with Crippen LogP contribution >= 0.6 is 11.3 Å². The quantitative estimate of drug-likeness (QED) is 0.620. The molecule has 5 N–H and O–H groups in total. The van der Waals surface area contributed by atoms with Gasteiger partial charge in [0.2, 0.25) is 5.91 Å². The Morgan fingerprint density at radius 1 is 1.23 bits per heavy atom. The van der Waals surface area contributed by atoms with Crippen molar-refractivity contribution >= 4 is 28.9 Å². The van der Waals surface area contributed by atoms with Gasteiger partial charge in [-0.3, -0.25) is 14.4 Å². The van der Waals surface area contributed by atoms with Crippen LogP contribution in [0.2, 0.25) is 0 Å². The molecular weight excluding hydrogens is 364 g/mol. The molecule has 6 nitrogen and oxygen atoms in total. The van der Waals surface area contributed by atoms with E-state index in [0.717, 1.165) is 23.5 Å². The number of Topliss-reactive ketones (excluding diaryl/α,β-unsaturated/α-hetero) is 1. The maximum Gasteiger partial charge on any atom is 0.250 e. The second kappa shape index (κ2) is 7.71. The number of nitrogens with one attached hydrogen (secondary N) is 1. The summed E-state index contributed by atoms with van der Waals surface area (Å²) in [4.78, 5) is 36.8. The van der Waals surface area contributed by atoms with Crippen molar-refractivity contribution in [3.8, 4) is 0 Å². The van der Waals surface area contributed by atoms with Crippen LogP contribution in [0.5, 0.6) is 0 Å². The van der Waals surface area contributed by atoms with E-state index in [1.54, 1.807) is 11.4 Å². The van der Waals surface area contributed by atoms with Crippen LogP contribution in [0.1, 0.15) is 17.4 Å². The number of ketones is 1. The minimum Gasteiger partial charge on any atom is -0.367 e. The molecule has 0 aliphatic carbocycles. The summed E-state index contributed by atoms with van der Waals surface area (Å²) >= 11 is 1.09. The van der Waals surface area contributed by atoms with Crippen LogP contribution in [-0.4, -0.2) is 23.6 Å². The highest BCUT2D eigenvalue weighted by molar-refractivity contribution is 7.10. The van der Waals surface area contributed by atoms with Crippen molar-refractivity contribution in [2.75, 3.05) is 0 Å². The highest BCUT2D eigenvalue weighted by atomic mass is 32.1. The average molecular weight is 381 g/mol. The normalized spacial score (nSPS) is 14.3. The van der Waals surface area contributed by atoms with Crippen molar-refractivity contribution in [3.63, 3.8) is 0 Å². The number of halogens is 2. The Labute approximate surface area is 152 Å². The largest absolute Gasteiger partial charge is 0.367 e. The number of primary amides is 1. The lowest BCUT2D eigenvalue weighted by molar-refractivity contribution is -0.137. The van der Waals surface area contributed by atoms with Crippen LogP contribution in [0.3, 0.4) is 0 Å². The summed E-state index contributed by atoms with van der Waals surface area (Å²) in [5.41, 5.74) is 9.30. The summed E-state index contributed by atoms with van der Waals surface area (Å²) in [6, 6.07) is 4.68. The molecule has 0 fully saturated rings. The number of hydrogen-bond acceptors (Lipinski definition) is 5. The Bertz CT molecular complexity index is 822.